The van der Waals surface area contributed by atoms with Crippen molar-refractivity contribution in [3.05, 3.63) is 122 Å². The number of unbranched alkanes of at least 4 members (excludes halogenated alkanes) is 14. The van der Waals surface area contributed by atoms with Gasteiger partial charge in [0, 0.05) is 19.3 Å². The molecule has 0 spiro atoms. The quantitative estimate of drug-likeness (QED) is 0.0203. The fourth-order valence-corrected chi connectivity index (χ4v) is 5.48. The normalized spacial score (nSPS) is 13.2. The van der Waals surface area contributed by atoms with E-state index in [2.05, 4.69) is 87.6 Å². The van der Waals surface area contributed by atoms with Crippen molar-refractivity contribution >= 4 is 17.9 Å². The second kappa shape index (κ2) is 45.5. The van der Waals surface area contributed by atoms with Crippen molar-refractivity contribution in [2.45, 2.75) is 175 Å². The predicted octanol–water partition coefficient (Wildman–Crippen LogP) is 14.6. The van der Waals surface area contributed by atoms with Crippen LogP contribution in [0.3, 0.4) is 0 Å². The van der Waals surface area contributed by atoms with Crippen molar-refractivity contribution in [2.75, 3.05) is 13.2 Å². The molecule has 0 aliphatic rings. The SMILES string of the molecule is CC\C=C/C=C\C=C/C=C\C=C/CCCC(=O)OC(COC(=O)CCC/C=C\CCCCCC)COC(=O)CCCCCCC\C=C/C=C\C=C/C=C\CCCCC. The summed E-state index contributed by atoms with van der Waals surface area (Å²) in [5.74, 6) is -1.08. The van der Waals surface area contributed by atoms with Gasteiger partial charge in [-0.2, -0.15) is 0 Å². The Bertz CT molecular complexity index is 1290. The van der Waals surface area contributed by atoms with E-state index in [4.69, 9.17) is 14.2 Å². The lowest BCUT2D eigenvalue weighted by atomic mass is 10.1. The maximum absolute atomic E-state index is 12.7. The molecule has 0 aromatic rings. The highest BCUT2D eigenvalue weighted by molar-refractivity contribution is 5.71. The minimum absolute atomic E-state index is 0.132. The lowest BCUT2D eigenvalue weighted by Crippen LogP contribution is -2.30. The highest BCUT2D eigenvalue weighted by Gasteiger charge is 2.19. The Morgan fingerprint density at radius 2 is 0.707 bits per heavy atom. The van der Waals surface area contributed by atoms with E-state index in [1.807, 2.05) is 54.7 Å². The molecule has 0 bridgehead atoms. The van der Waals surface area contributed by atoms with E-state index in [1.165, 1.54) is 44.9 Å². The summed E-state index contributed by atoms with van der Waals surface area (Å²) < 4.78 is 16.6. The summed E-state index contributed by atoms with van der Waals surface area (Å²) >= 11 is 0. The van der Waals surface area contributed by atoms with Gasteiger partial charge in [0.2, 0.25) is 0 Å². The molecule has 0 amide bonds. The molecule has 0 aromatic heterocycles. The molecule has 58 heavy (non-hydrogen) atoms. The first kappa shape index (κ1) is 53.8. The summed E-state index contributed by atoms with van der Waals surface area (Å²) in [5, 5.41) is 0. The van der Waals surface area contributed by atoms with E-state index >= 15 is 0 Å². The van der Waals surface area contributed by atoms with Crippen LogP contribution in [0.25, 0.3) is 0 Å². The van der Waals surface area contributed by atoms with Crippen LogP contribution in [-0.4, -0.2) is 37.2 Å². The third-order valence-electron chi connectivity index (χ3n) is 8.89. The summed E-state index contributed by atoms with van der Waals surface area (Å²) in [5.41, 5.74) is 0. The van der Waals surface area contributed by atoms with Crippen molar-refractivity contribution < 1.29 is 28.6 Å². The lowest BCUT2D eigenvalue weighted by molar-refractivity contribution is -0.167. The molecule has 0 heterocycles. The molecule has 0 rings (SSSR count). The zero-order valence-electron chi connectivity index (χ0n) is 36.8. The smallest absolute Gasteiger partial charge is 0.306 e. The van der Waals surface area contributed by atoms with Crippen LogP contribution >= 0.6 is 0 Å². The maximum Gasteiger partial charge on any atom is 0.306 e. The van der Waals surface area contributed by atoms with Gasteiger partial charge in [0.15, 0.2) is 6.10 Å². The van der Waals surface area contributed by atoms with Gasteiger partial charge >= 0.3 is 17.9 Å². The van der Waals surface area contributed by atoms with Gasteiger partial charge in [-0.05, 0) is 77.0 Å². The molecule has 0 N–H and O–H groups in total. The molecule has 0 saturated carbocycles. The molecule has 0 aromatic carbocycles. The van der Waals surface area contributed by atoms with Crippen LogP contribution in [0, 0.1) is 0 Å². The number of hydrogen-bond donors (Lipinski definition) is 0. The largest absolute Gasteiger partial charge is 0.462 e. The summed E-state index contributed by atoms with van der Waals surface area (Å²) in [6.45, 7) is 6.27. The molecule has 1 atom stereocenters. The minimum atomic E-state index is -0.837. The average Bonchev–Trinajstić information content (AvgIpc) is 3.22. The Morgan fingerprint density at radius 3 is 1.22 bits per heavy atom. The van der Waals surface area contributed by atoms with Crippen molar-refractivity contribution in [2.24, 2.45) is 0 Å². The number of esters is 3. The van der Waals surface area contributed by atoms with Crippen molar-refractivity contribution in [1.29, 1.82) is 0 Å². The number of rotatable bonds is 38. The number of hydrogen-bond acceptors (Lipinski definition) is 6. The Labute approximate surface area is 354 Å². The van der Waals surface area contributed by atoms with Crippen LogP contribution < -0.4 is 0 Å². The molecule has 0 aliphatic carbocycles. The van der Waals surface area contributed by atoms with Crippen molar-refractivity contribution in [1.82, 2.24) is 0 Å². The van der Waals surface area contributed by atoms with Crippen LogP contribution in [0.15, 0.2) is 122 Å². The van der Waals surface area contributed by atoms with Gasteiger partial charge < -0.3 is 14.2 Å². The summed E-state index contributed by atoms with van der Waals surface area (Å²) in [6, 6.07) is 0. The monoisotopic (exact) mass is 801 g/mol. The second-order valence-corrected chi connectivity index (χ2v) is 14.4. The zero-order chi connectivity index (χ0) is 42.3. The number of carbonyl (C=O) groups is 3. The molecule has 6 nitrogen and oxygen atoms in total. The van der Waals surface area contributed by atoms with Gasteiger partial charge in [-0.3, -0.25) is 14.4 Å². The Balaban J connectivity index is 4.56. The van der Waals surface area contributed by atoms with Crippen LogP contribution in [0.4, 0.5) is 0 Å². The molecule has 0 saturated heterocycles. The van der Waals surface area contributed by atoms with Crippen LogP contribution in [-0.2, 0) is 28.6 Å². The number of carbonyl (C=O) groups excluding carboxylic acids is 3. The predicted molar refractivity (Wildman–Crippen MR) is 246 cm³/mol. The van der Waals surface area contributed by atoms with E-state index in [0.29, 0.717) is 19.3 Å². The Hall–Kier alpha value is -4.19. The topological polar surface area (TPSA) is 78.9 Å². The molecule has 1 unspecified atom stereocenters. The first-order valence-corrected chi connectivity index (χ1v) is 22.7. The Morgan fingerprint density at radius 1 is 0.362 bits per heavy atom. The van der Waals surface area contributed by atoms with Gasteiger partial charge in [-0.15, -0.1) is 0 Å². The minimum Gasteiger partial charge on any atom is -0.462 e. The summed E-state index contributed by atoms with van der Waals surface area (Å²) in [7, 11) is 0. The van der Waals surface area contributed by atoms with Crippen LogP contribution in [0.1, 0.15) is 168 Å². The third-order valence-corrected chi connectivity index (χ3v) is 8.89. The average molecular weight is 801 g/mol. The van der Waals surface area contributed by atoms with Crippen LogP contribution in [0.2, 0.25) is 0 Å². The maximum atomic E-state index is 12.7. The van der Waals surface area contributed by atoms with Gasteiger partial charge in [0.1, 0.15) is 13.2 Å². The summed E-state index contributed by atoms with van der Waals surface area (Å²) in [6.07, 6.45) is 61.9. The molecule has 0 aliphatic heterocycles. The van der Waals surface area contributed by atoms with Gasteiger partial charge in [-0.25, -0.2) is 0 Å². The highest BCUT2D eigenvalue weighted by Crippen LogP contribution is 2.11. The van der Waals surface area contributed by atoms with Gasteiger partial charge in [-0.1, -0.05) is 194 Å². The molecule has 0 fully saturated rings. The molecule has 324 valence electrons. The van der Waals surface area contributed by atoms with Gasteiger partial charge in [0.25, 0.3) is 0 Å². The molecule has 0 radical (unpaired) electrons. The first-order valence-electron chi connectivity index (χ1n) is 22.7. The molecular weight excluding hydrogens is 721 g/mol. The lowest BCUT2D eigenvalue weighted by Gasteiger charge is -2.18. The van der Waals surface area contributed by atoms with E-state index in [-0.39, 0.29) is 38.0 Å². The fourth-order valence-electron chi connectivity index (χ4n) is 5.48. The van der Waals surface area contributed by atoms with Crippen molar-refractivity contribution in [3.63, 3.8) is 0 Å². The molecular formula is C52H80O6. The van der Waals surface area contributed by atoms with Crippen molar-refractivity contribution in [3.8, 4) is 0 Å². The molecule has 6 heteroatoms. The van der Waals surface area contributed by atoms with Gasteiger partial charge in [0.05, 0.1) is 0 Å². The second-order valence-electron chi connectivity index (χ2n) is 14.4. The highest BCUT2D eigenvalue weighted by atomic mass is 16.6. The fraction of sp³-hybridized carbons (Fsp3) is 0.558. The first-order chi connectivity index (χ1) is 28.5. The van der Waals surface area contributed by atoms with E-state index in [9.17, 15) is 14.4 Å². The van der Waals surface area contributed by atoms with E-state index in [1.54, 1.807) is 0 Å². The summed E-state index contributed by atoms with van der Waals surface area (Å²) in [4.78, 5) is 37.7. The number of ether oxygens (including phenoxy) is 3. The standard InChI is InChI=1S/C52H80O6/c1-4-7-10-13-16-19-21-23-24-25-26-27-29-30-33-36-39-42-45-51(54)57-48-49(47-56-50(53)44-41-38-35-32-18-15-12-9-6-3)58-52(55)46-43-40-37-34-31-28-22-20-17-14-11-8-5-2/h8,11,14,16-17,19-28,31-32,34-35,37,49H,4-7,9-10,12-13,15,18,29-30,33,36,38-48H2,1-3H3/b11-8-,17-14-,19-16-,22-20-,23-21-,25-24-,27-26-,31-28-,35-32-,37-34-. The Kier molecular flexibility index (Phi) is 42.2. The van der Waals surface area contributed by atoms with E-state index < -0.39 is 12.1 Å². The third kappa shape index (κ3) is 42.9. The number of allylic oxidation sites excluding steroid dienone is 20. The van der Waals surface area contributed by atoms with Crippen LogP contribution in [0.5, 0.6) is 0 Å². The zero-order valence-corrected chi connectivity index (χ0v) is 36.8. The van der Waals surface area contributed by atoms with E-state index in [0.717, 1.165) is 70.6 Å².